The highest BCUT2D eigenvalue weighted by Gasteiger charge is 2.34. The highest BCUT2D eigenvalue weighted by Crippen LogP contribution is 2.33. The molecule has 1 aliphatic rings. The van der Waals surface area contributed by atoms with Crippen LogP contribution >= 0.6 is 11.8 Å². The molecule has 1 saturated heterocycles. The lowest BCUT2D eigenvalue weighted by atomic mass is 10.1. The number of carboxylic acids is 1. The molecule has 4 rings (SSSR count). The molecule has 0 spiro atoms. The van der Waals surface area contributed by atoms with Gasteiger partial charge in [0.15, 0.2) is 0 Å². The molecule has 2 amide bonds. The average molecular weight is 433 g/mol. The van der Waals surface area contributed by atoms with Crippen molar-refractivity contribution in [3.63, 3.8) is 0 Å². The summed E-state index contributed by atoms with van der Waals surface area (Å²) in [7, 11) is 0. The first-order valence-electron chi connectivity index (χ1n) is 9.83. The molecule has 31 heavy (non-hydrogen) atoms. The molecule has 3 aromatic rings. The Kier molecular flexibility index (Phi) is 6.04. The van der Waals surface area contributed by atoms with Gasteiger partial charge in [-0.25, -0.2) is 4.79 Å². The Labute approximate surface area is 183 Å². The van der Waals surface area contributed by atoms with E-state index in [9.17, 15) is 14.4 Å². The van der Waals surface area contributed by atoms with Crippen molar-refractivity contribution in [3.8, 4) is 5.69 Å². The summed E-state index contributed by atoms with van der Waals surface area (Å²) in [5, 5.41) is 8.81. The predicted octanol–water partition coefficient (Wildman–Crippen LogP) is 4.84. The van der Waals surface area contributed by atoms with E-state index in [-0.39, 0.29) is 16.7 Å². The van der Waals surface area contributed by atoms with Gasteiger partial charge in [-0.3, -0.25) is 14.5 Å². The molecule has 156 valence electrons. The van der Waals surface area contributed by atoms with Gasteiger partial charge in [-0.1, -0.05) is 30.3 Å². The minimum atomic E-state index is -0.986. The number of imide groups is 1. The second-order valence-electron chi connectivity index (χ2n) is 7.08. The number of nitrogens with zero attached hydrogens (tertiary/aromatic N) is 2. The van der Waals surface area contributed by atoms with Gasteiger partial charge in [0.1, 0.15) is 0 Å². The van der Waals surface area contributed by atoms with E-state index < -0.39 is 5.97 Å². The van der Waals surface area contributed by atoms with Crippen molar-refractivity contribution in [2.24, 2.45) is 0 Å². The highest BCUT2D eigenvalue weighted by molar-refractivity contribution is 8.18. The van der Waals surface area contributed by atoms with Crippen LogP contribution in [0.15, 0.2) is 77.8 Å². The largest absolute Gasteiger partial charge is 0.478 e. The lowest BCUT2D eigenvalue weighted by Gasteiger charge is -2.12. The zero-order valence-electron chi connectivity index (χ0n) is 16.6. The number of aromatic nitrogens is 1. The number of carbonyl (C=O) groups is 3. The van der Waals surface area contributed by atoms with Crippen molar-refractivity contribution < 1.29 is 19.5 Å². The summed E-state index contributed by atoms with van der Waals surface area (Å²) >= 11 is 0.944. The summed E-state index contributed by atoms with van der Waals surface area (Å²) in [5.74, 6) is -1.27. The summed E-state index contributed by atoms with van der Waals surface area (Å²) in [4.78, 5) is 37.9. The van der Waals surface area contributed by atoms with Crippen molar-refractivity contribution >= 4 is 35.0 Å². The SMILES string of the molecule is O=C(O)c1ccc(-n2cccc2/C=C2/SC(=O)N(CCCc3ccccc3)C2=O)cc1. The van der Waals surface area contributed by atoms with Gasteiger partial charge in [-0.15, -0.1) is 0 Å². The van der Waals surface area contributed by atoms with E-state index in [1.807, 2.05) is 53.2 Å². The number of benzene rings is 2. The maximum atomic E-state index is 12.8. The number of amides is 2. The fourth-order valence-electron chi connectivity index (χ4n) is 3.42. The Morgan fingerprint density at radius 2 is 1.71 bits per heavy atom. The maximum Gasteiger partial charge on any atom is 0.335 e. The van der Waals surface area contributed by atoms with Crippen molar-refractivity contribution in [2.45, 2.75) is 12.8 Å². The molecule has 1 fully saturated rings. The first-order chi connectivity index (χ1) is 15.0. The summed E-state index contributed by atoms with van der Waals surface area (Å²) in [6.45, 7) is 0.383. The minimum Gasteiger partial charge on any atom is -0.478 e. The number of carboxylic acid groups (broad SMARTS) is 1. The van der Waals surface area contributed by atoms with Crippen LogP contribution in [0.25, 0.3) is 11.8 Å². The lowest BCUT2D eigenvalue weighted by Crippen LogP contribution is -2.29. The molecule has 0 atom stereocenters. The van der Waals surface area contributed by atoms with E-state index in [0.29, 0.717) is 17.9 Å². The van der Waals surface area contributed by atoms with E-state index in [0.717, 1.165) is 29.6 Å². The van der Waals surface area contributed by atoms with Crippen molar-refractivity contribution in [2.75, 3.05) is 6.54 Å². The Bertz CT molecular complexity index is 1150. The van der Waals surface area contributed by atoms with Crippen molar-refractivity contribution in [1.29, 1.82) is 0 Å². The summed E-state index contributed by atoms with van der Waals surface area (Å²) in [5.41, 5.74) is 2.88. The van der Waals surface area contributed by atoms with Crippen LogP contribution in [0.5, 0.6) is 0 Å². The zero-order valence-corrected chi connectivity index (χ0v) is 17.4. The molecule has 1 N–H and O–H groups in total. The van der Waals surface area contributed by atoms with Crippen LogP contribution < -0.4 is 0 Å². The monoisotopic (exact) mass is 432 g/mol. The van der Waals surface area contributed by atoms with Crippen LogP contribution in [0.4, 0.5) is 4.79 Å². The molecule has 1 aromatic heterocycles. The van der Waals surface area contributed by atoms with Crippen LogP contribution in [0.3, 0.4) is 0 Å². The molecule has 6 nitrogen and oxygen atoms in total. The first-order valence-corrected chi connectivity index (χ1v) is 10.6. The van der Waals surface area contributed by atoms with Crippen LogP contribution in [0, 0.1) is 0 Å². The summed E-state index contributed by atoms with van der Waals surface area (Å²) in [6, 6.07) is 20.1. The fourth-order valence-corrected chi connectivity index (χ4v) is 4.27. The number of aryl methyl sites for hydroxylation is 1. The molecular formula is C24H20N2O4S. The van der Waals surface area contributed by atoms with Gasteiger partial charge in [0.2, 0.25) is 0 Å². The second kappa shape index (κ2) is 9.06. The third kappa shape index (κ3) is 4.62. The molecule has 0 unspecified atom stereocenters. The number of hydrogen-bond acceptors (Lipinski definition) is 4. The number of rotatable bonds is 7. The first kappa shape index (κ1) is 20.7. The highest BCUT2D eigenvalue weighted by atomic mass is 32.2. The molecule has 0 aliphatic carbocycles. The standard InChI is InChI=1S/C24H20N2O4S/c27-22-21(31-24(30)26(22)15-4-8-17-6-2-1-3-7-17)16-20-9-5-14-25(20)19-12-10-18(11-13-19)23(28)29/h1-3,5-7,9-14,16H,4,8,15H2,(H,28,29)/b21-16+. The molecule has 0 bridgehead atoms. The third-order valence-electron chi connectivity index (χ3n) is 5.02. The molecule has 2 heterocycles. The predicted molar refractivity (Wildman–Crippen MR) is 120 cm³/mol. The van der Waals surface area contributed by atoms with E-state index in [4.69, 9.17) is 5.11 Å². The van der Waals surface area contributed by atoms with Crippen molar-refractivity contribution in [3.05, 3.63) is 94.7 Å². The molecule has 0 radical (unpaired) electrons. The molecule has 1 aliphatic heterocycles. The quantitative estimate of drug-likeness (QED) is 0.540. The summed E-state index contributed by atoms with van der Waals surface area (Å²) in [6.07, 6.45) is 5.04. The van der Waals surface area contributed by atoms with Gasteiger partial charge in [0, 0.05) is 24.1 Å². The number of carbonyl (C=O) groups excluding carboxylic acids is 2. The third-order valence-corrected chi connectivity index (χ3v) is 5.92. The van der Waals surface area contributed by atoms with Crippen LogP contribution in [-0.4, -0.2) is 38.2 Å². The number of thioether (sulfide) groups is 1. The molecular weight excluding hydrogens is 412 g/mol. The lowest BCUT2D eigenvalue weighted by molar-refractivity contribution is -0.122. The molecule has 2 aromatic carbocycles. The Morgan fingerprint density at radius 3 is 2.42 bits per heavy atom. The smallest absolute Gasteiger partial charge is 0.335 e. The van der Waals surface area contributed by atoms with Gasteiger partial charge in [0.05, 0.1) is 10.5 Å². The average Bonchev–Trinajstić information content (AvgIpc) is 3.34. The van der Waals surface area contributed by atoms with Gasteiger partial charge < -0.3 is 9.67 Å². The van der Waals surface area contributed by atoms with E-state index >= 15 is 0 Å². The van der Waals surface area contributed by atoms with Gasteiger partial charge in [-0.2, -0.15) is 0 Å². The van der Waals surface area contributed by atoms with Gasteiger partial charge >= 0.3 is 5.97 Å². The second-order valence-corrected chi connectivity index (χ2v) is 8.07. The number of hydrogen-bond donors (Lipinski definition) is 1. The van der Waals surface area contributed by atoms with E-state index in [1.165, 1.54) is 22.6 Å². The Balaban J connectivity index is 1.47. The maximum absolute atomic E-state index is 12.8. The van der Waals surface area contributed by atoms with Crippen LogP contribution in [0.1, 0.15) is 28.0 Å². The van der Waals surface area contributed by atoms with Crippen LogP contribution in [-0.2, 0) is 11.2 Å². The Hall–Kier alpha value is -3.58. The van der Waals surface area contributed by atoms with E-state index in [1.54, 1.807) is 18.2 Å². The Morgan fingerprint density at radius 1 is 0.968 bits per heavy atom. The van der Waals surface area contributed by atoms with Crippen LogP contribution in [0.2, 0.25) is 0 Å². The van der Waals surface area contributed by atoms with E-state index in [2.05, 4.69) is 0 Å². The molecule has 7 heteroatoms. The zero-order chi connectivity index (χ0) is 21.8. The number of aromatic carboxylic acids is 1. The van der Waals surface area contributed by atoms with Gasteiger partial charge in [0.25, 0.3) is 11.1 Å². The molecule has 0 saturated carbocycles. The topological polar surface area (TPSA) is 79.6 Å². The summed E-state index contributed by atoms with van der Waals surface area (Å²) < 4.78 is 1.84. The fraction of sp³-hybridized carbons (Fsp3) is 0.125. The van der Waals surface area contributed by atoms with Crippen molar-refractivity contribution in [1.82, 2.24) is 9.47 Å². The van der Waals surface area contributed by atoms with Gasteiger partial charge in [-0.05, 0) is 72.6 Å². The normalized spacial score (nSPS) is 15.1. The minimum absolute atomic E-state index is 0.203.